The summed E-state index contributed by atoms with van der Waals surface area (Å²) in [5.74, 6) is 1.00. The maximum atomic E-state index is 12.3. The third-order valence-electron chi connectivity index (χ3n) is 5.25. The van der Waals surface area contributed by atoms with Gasteiger partial charge in [-0.2, -0.15) is 0 Å². The first-order valence-electron chi connectivity index (χ1n) is 9.50. The number of hydrogen-bond acceptors (Lipinski definition) is 4. The summed E-state index contributed by atoms with van der Waals surface area (Å²) in [6.45, 7) is 4.08. The lowest BCUT2D eigenvalue weighted by atomic mass is 10.0. The van der Waals surface area contributed by atoms with Crippen molar-refractivity contribution in [1.29, 1.82) is 0 Å². The molecule has 138 valence electrons. The molecule has 0 radical (unpaired) electrons. The van der Waals surface area contributed by atoms with Crippen LogP contribution >= 0.6 is 0 Å². The van der Waals surface area contributed by atoms with Crippen molar-refractivity contribution in [3.8, 4) is 5.75 Å². The number of hydrogen-bond donors (Lipinski definition) is 1. The Morgan fingerprint density at radius 2 is 2.08 bits per heavy atom. The molecule has 1 N–H and O–H groups in total. The molecule has 2 fully saturated rings. The minimum absolute atomic E-state index is 0.142. The first-order valence-corrected chi connectivity index (χ1v) is 9.50. The molecule has 1 aromatic rings. The predicted octanol–water partition coefficient (Wildman–Crippen LogP) is 2.39. The second-order valence-electron chi connectivity index (χ2n) is 7.09. The standard InChI is InChI=1S/C20H30N2O3/c1-24-19-7-3-2-5-16(19)8-9-20(23)21-17-10-12-22(13-11-17)15-18-6-4-14-25-18/h2-3,5,7,17-18H,4,6,8-15H2,1H3,(H,21,23)/t18-/m1/s1. The predicted molar refractivity (Wildman–Crippen MR) is 97.9 cm³/mol. The maximum absolute atomic E-state index is 12.3. The fraction of sp³-hybridized carbons (Fsp3) is 0.650. The summed E-state index contributed by atoms with van der Waals surface area (Å²) in [7, 11) is 1.67. The molecule has 0 aliphatic carbocycles. The van der Waals surface area contributed by atoms with Gasteiger partial charge in [0.05, 0.1) is 13.2 Å². The van der Waals surface area contributed by atoms with Gasteiger partial charge in [0.2, 0.25) is 5.91 Å². The number of rotatable bonds is 7. The second-order valence-corrected chi connectivity index (χ2v) is 7.09. The molecule has 1 atom stereocenters. The Kier molecular flexibility index (Phi) is 6.70. The van der Waals surface area contributed by atoms with Crippen LogP contribution in [0.5, 0.6) is 5.75 Å². The van der Waals surface area contributed by atoms with Crippen LogP contribution in [0, 0.1) is 0 Å². The average Bonchev–Trinajstić information content (AvgIpc) is 3.15. The summed E-state index contributed by atoms with van der Waals surface area (Å²) < 4.78 is 11.1. The summed E-state index contributed by atoms with van der Waals surface area (Å²) in [6.07, 6.45) is 6.11. The maximum Gasteiger partial charge on any atom is 0.220 e. The number of piperidine rings is 1. The van der Waals surface area contributed by atoms with Crippen molar-refractivity contribution in [2.24, 2.45) is 0 Å². The molecule has 3 rings (SSSR count). The van der Waals surface area contributed by atoms with Crippen molar-refractivity contribution < 1.29 is 14.3 Å². The van der Waals surface area contributed by atoms with Crippen LogP contribution in [0.3, 0.4) is 0 Å². The molecule has 5 heteroatoms. The van der Waals surface area contributed by atoms with E-state index in [2.05, 4.69) is 10.2 Å². The number of aryl methyl sites for hydroxylation is 1. The largest absolute Gasteiger partial charge is 0.496 e. The minimum Gasteiger partial charge on any atom is -0.496 e. The Hall–Kier alpha value is -1.59. The Labute approximate surface area is 150 Å². The molecule has 5 nitrogen and oxygen atoms in total. The van der Waals surface area contributed by atoms with Crippen molar-refractivity contribution >= 4 is 5.91 Å². The number of carbonyl (C=O) groups excluding carboxylic acids is 1. The minimum atomic E-state index is 0.142. The second kappa shape index (κ2) is 9.20. The number of nitrogens with zero attached hydrogens (tertiary/aromatic N) is 1. The van der Waals surface area contributed by atoms with Gasteiger partial charge in [-0.25, -0.2) is 0 Å². The highest BCUT2D eigenvalue weighted by molar-refractivity contribution is 5.76. The smallest absolute Gasteiger partial charge is 0.220 e. The molecule has 0 aromatic heterocycles. The summed E-state index contributed by atoms with van der Waals surface area (Å²) >= 11 is 0. The number of methoxy groups -OCH3 is 1. The lowest BCUT2D eigenvalue weighted by molar-refractivity contribution is -0.122. The van der Waals surface area contributed by atoms with Gasteiger partial charge >= 0.3 is 0 Å². The van der Waals surface area contributed by atoms with Gasteiger partial charge in [0.15, 0.2) is 0 Å². The molecular weight excluding hydrogens is 316 g/mol. The van der Waals surface area contributed by atoms with Crippen molar-refractivity contribution in [1.82, 2.24) is 10.2 Å². The molecule has 1 aromatic carbocycles. The van der Waals surface area contributed by atoms with E-state index in [9.17, 15) is 4.79 Å². The van der Waals surface area contributed by atoms with Crippen LogP contribution in [0.1, 0.15) is 37.7 Å². The topological polar surface area (TPSA) is 50.8 Å². The van der Waals surface area contributed by atoms with Gasteiger partial charge < -0.3 is 19.7 Å². The van der Waals surface area contributed by atoms with Crippen molar-refractivity contribution in [3.63, 3.8) is 0 Å². The number of para-hydroxylation sites is 1. The van der Waals surface area contributed by atoms with Crippen LogP contribution in [0.4, 0.5) is 0 Å². The third kappa shape index (κ3) is 5.44. The Bertz CT molecular complexity index is 550. The van der Waals surface area contributed by atoms with Crippen LogP contribution in [0.25, 0.3) is 0 Å². The van der Waals surface area contributed by atoms with E-state index in [0.717, 1.165) is 50.4 Å². The Morgan fingerprint density at radius 3 is 2.80 bits per heavy atom. The lowest BCUT2D eigenvalue weighted by Gasteiger charge is -2.33. The molecular formula is C20H30N2O3. The Morgan fingerprint density at radius 1 is 1.28 bits per heavy atom. The van der Waals surface area contributed by atoms with E-state index < -0.39 is 0 Å². The fourth-order valence-electron chi connectivity index (χ4n) is 3.79. The molecule has 0 unspecified atom stereocenters. The SMILES string of the molecule is COc1ccccc1CCC(=O)NC1CCN(C[C@H]2CCCO2)CC1. The number of nitrogens with one attached hydrogen (secondary N) is 1. The van der Waals surface area contributed by atoms with E-state index in [1.807, 2.05) is 24.3 Å². The zero-order valence-electron chi connectivity index (χ0n) is 15.2. The number of carbonyl (C=O) groups is 1. The highest BCUT2D eigenvalue weighted by atomic mass is 16.5. The van der Waals surface area contributed by atoms with E-state index in [1.165, 1.54) is 12.8 Å². The van der Waals surface area contributed by atoms with E-state index in [4.69, 9.17) is 9.47 Å². The molecule has 2 heterocycles. The molecule has 0 spiro atoms. The molecule has 2 aliphatic rings. The van der Waals surface area contributed by atoms with Crippen molar-refractivity contribution in [2.75, 3.05) is 33.4 Å². The van der Waals surface area contributed by atoms with E-state index in [0.29, 0.717) is 25.0 Å². The molecule has 0 bridgehead atoms. The fourth-order valence-corrected chi connectivity index (χ4v) is 3.79. The average molecular weight is 346 g/mol. The van der Waals surface area contributed by atoms with Crippen molar-refractivity contribution in [3.05, 3.63) is 29.8 Å². The summed E-state index contributed by atoms with van der Waals surface area (Å²) in [5.41, 5.74) is 1.09. The number of amides is 1. The first-order chi connectivity index (χ1) is 12.2. The first kappa shape index (κ1) is 18.2. The monoisotopic (exact) mass is 346 g/mol. The molecule has 1 amide bonds. The van der Waals surface area contributed by atoms with Gasteiger partial charge in [-0.15, -0.1) is 0 Å². The molecule has 25 heavy (non-hydrogen) atoms. The highest BCUT2D eigenvalue weighted by Gasteiger charge is 2.24. The van der Waals surface area contributed by atoms with Crippen LogP contribution in [-0.4, -0.2) is 56.3 Å². The van der Waals surface area contributed by atoms with Crippen LogP contribution in [-0.2, 0) is 16.0 Å². The number of ether oxygens (including phenoxy) is 2. The molecule has 2 aliphatic heterocycles. The summed E-state index contributed by atoms with van der Waals surface area (Å²) in [4.78, 5) is 14.7. The normalized spacial score (nSPS) is 22.0. The number of benzene rings is 1. The Balaban J connectivity index is 1.36. The van der Waals surface area contributed by atoms with Gasteiger partial charge in [-0.05, 0) is 43.7 Å². The zero-order chi connectivity index (χ0) is 17.5. The van der Waals surface area contributed by atoms with E-state index in [-0.39, 0.29) is 5.91 Å². The quantitative estimate of drug-likeness (QED) is 0.824. The lowest BCUT2D eigenvalue weighted by Crippen LogP contribution is -2.46. The molecule has 0 saturated carbocycles. The van der Waals surface area contributed by atoms with E-state index >= 15 is 0 Å². The third-order valence-corrected chi connectivity index (χ3v) is 5.25. The van der Waals surface area contributed by atoms with Gasteiger partial charge in [-0.3, -0.25) is 4.79 Å². The number of likely N-dealkylation sites (tertiary alicyclic amines) is 1. The summed E-state index contributed by atoms with van der Waals surface area (Å²) in [6, 6.07) is 8.21. The summed E-state index contributed by atoms with van der Waals surface area (Å²) in [5, 5.41) is 3.20. The highest BCUT2D eigenvalue weighted by Crippen LogP contribution is 2.19. The molecule has 2 saturated heterocycles. The van der Waals surface area contributed by atoms with Gasteiger partial charge in [-0.1, -0.05) is 18.2 Å². The van der Waals surface area contributed by atoms with Crippen LogP contribution in [0.2, 0.25) is 0 Å². The van der Waals surface area contributed by atoms with Gasteiger partial charge in [0.25, 0.3) is 0 Å². The van der Waals surface area contributed by atoms with Crippen molar-refractivity contribution in [2.45, 2.75) is 50.7 Å². The van der Waals surface area contributed by atoms with Crippen LogP contribution in [0.15, 0.2) is 24.3 Å². The van der Waals surface area contributed by atoms with Crippen LogP contribution < -0.4 is 10.1 Å². The zero-order valence-corrected chi connectivity index (χ0v) is 15.2. The van der Waals surface area contributed by atoms with E-state index in [1.54, 1.807) is 7.11 Å². The van der Waals surface area contributed by atoms with Gasteiger partial charge in [0, 0.05) is 38.7 Å². The van der Waals surface area contributed by atoms with Gasteiger partial charge in [0.1, 0.15) is 5.75 Å².